The van der Waals surface area contributed by atoms with Crippen molar-refractivity contribution in [2.75, 3.05) is 14.2 Å². The molecule has 2 aliphatic rings. The van der Waals surface area contributed by atoms with Crippen LogP contribution in [-0.4, -0.2) is 20.1 Å². The second kappa shape index (κ2) is 8.26. The number of carbonyl (C=O) groups is 1. The van der Waals surface area contributed by atoms with Gasteiger partial charge in [-0.15, -0.1) is 0 Å². The molecule has 2 aliphatic carbocycles. The molecule has 148 valence electrons. The summed E-state index contributed by atoms with van der Waals surface area (Å²) in [6.45, 7) is 0. The first-order chi connectivity index (χ1) is 13.7. The van der Waals surface area contributed by atoms with E-state index in [1.54, 1.807) is 14.2 Å². The standard InChI is InChI=1S/C24H29NO3/c1-27-20-11-7-18(8-12-20)24(19-9-13-21(28-2)14-10-19)25-23(26)15-22(16-3-4-16)17-5-6-17/h7-14,16-17,22,24H,3-6,15H2,1-2H3,(H,25,26). The second-order valence-corrected chi connectivity index (χ2v) is 8.09. The van der Waals surface area contributed by atoms with Crippen LogP contribution >= 0.6 is 0 Å². The Kier molecular flexibility index (Phi) is 5.56. The maximum Gasteiger partial charge on any atom is 0.221 e. The van der Waals surface area contributed by atoms with E-state index in [0.29, 0.717) is 12.3 Å². The monoisotopic (exact) mass is 379 g/mol. The Morgan fingerprint density at radius 2 is 1.29 bits per heavy atom. The van der Waals surface area contributed by atoms with Crippen LogP contribution in [0, 0.1) is 17.8 Å². The molecule has 2 aromatic rings. The number of rotatable bonds is 9. The van der Waals surface area contributed by atoms with Crippen LogP contribution in [0.2, 0.25) is 0 Å². The van der Waals surface area contributed by atoms with Crippen LogP contribution in [0.3, 0.4) is 0 Å². The van der Waals surface area contributed by atoms with E-state index in [2.05, 4.69) is 5.32 Å². The van der Waals surface area contributed by atoms with Crippen molar-refractivity contribution in [1.82, 2.24) is 5.32 Å². The van der Waals surface area contributed by atoms with Crippen LogP contribution in [0.1, 0.15) is 49.3 Å². The third-order valence-electron chi connectivity index (χ3n) is 6.08. The van der Waals surface area contributed by atoms with Gasteiger partial charge in [0.15, 0.2) is 0 Å². The molecule has 0 saturated heterocycles. The van der Waals surface area contributed by atoms with E-state index in [-0.39, 0.29) is 11.9 Å². The molecular weight excluding hydrogens is 350 g/mol. The highest BCUT2D eigenvalue weighted by Crippen LogP contribution is 2.50. The van der Waals surface area contributed by atoms with Gasteiger partial charge in [0.25, 0.3) is 0 Å². The highest BCUT2D eigenvalue weighted by atomic mass is 16.5. The average Bonchev–Trinajstić information content (AvgIpc) is 3.64. The summed E-state index contributed by atoms with van der Waals surface area (Å²) in [6.07, 6.45) is 5.85. The van der Waals surface area contributed by atoms with E-state index in [1.807, 2.05) is 48.5 Å². The molecule has 1 amide bonds. The van der Waals surface area contributed by atoms with Gasteiger partial charge in [-0.1, -0.05) is 24.3 Å². The molecule has 0 bridgehead atoms. The summed E-state index contributed by atoms with van der Waals surface area (Å²) in [6, 6.07) is 15.7. The Balaban J connectivity index is 1.53. The topological polar surface area (TPSA) is 47.6 Å². The van der Waals surface area contributed by atoms with E-state index in [1.165, 1.54) is 25.7 Å². The zero-order chi connectivity index (χ0) is 19.5. The van der Waals surface area contributed by atoms with Crippen molar-refractivity contribution < 1.29 is 14.3 Å². The van der Waals surface area contributed by atoms with Gasteiger partial charge in [0.05, 0.1) is 20.3 Å². The van der Waals surface area contributed by atoms with E-state index >= 15 is 0 Å². The second-order valence-electron chi connectivity index (χ2n) is 8.09. The molecule has 2 aromatic carbocycles. The van der Waals surface area contributed by atoms with Gasteiger partial charge in [0.2, 0.25) is 5.91 Å². The number of carbonyl (C=O) groups excluding carboxylic acids is 1. The maximum atomic E-state index is 13.0. The molecule has 4 rings (SSSR count). The van der Waals surface area contributed by atoms with Gasteiger partial charge in [-0.2, -0.15) is 0 Å². The van der Waals surface area contributed by atoms with Crippen LogP contribution in [-0.2, 0) is 4.79 Å². The summed E-state index contributed by atoms with van der Waals surface area (Å²) in [5, 5.41) is 3.30. The Morgan fingerprint density at radius 3 is 1.64 bits per heavy atom. The first-order valence-electron chi connectivity index (χ1n) is 10.2. The number of nitrogens with one attached hydrogen (secondary N) is 1. The van der Waals surface area contributed by atoms with Crippen molar-refractivity contribution in [1.29, 1.82) is 0 Å². The summed E-state index contributed by atoms with van der Waals surface area (Å²) >= 11 is 0. The summed E-state index contributed by atoms with van der Waals surface area (Å²) in [5.41, 5.74) is 2.10. The summed E-state index contributed by atoms with van der Waals surface area (Å²) in [4.78, 5) is 13.0. The third-order valence-corrected chi connectivity index (χ3v) is 6.08. The molecule has 2 fully saturated rings. The van der Waals surface area contributed by atoms with E-state index < -0.39 is 0 Å². The van der Waals surface area contributed by atoms with Gasteiger partial charge >= 0.3 is 0 Å². The maximum absolute atomic E-state index is 13.0. The van der Waals surface area contributed by atoms with Crippen LogP contribution < -0.4 is 14.8 Å². The molecule has 2 saturated carbocycles. The van der Waals surface area contributed by atoms with E-state index in [0.717, 1.165) is 34.5 Å². The van der Waals surface area contributed by atoms with Crippen LogP contribution in [0.25, 0.3) is 0 Å². The van der Waals surface area contributed by atoms with Gasteiger partial charge in [0, 0.05) is 6.42 Å². The van der Waals surface area contributed by atoms with Crippen molar-refractivity contribution in [3.05, 3.63) is 59.7 Å². The highest BCUT2D eigenvalue weighted by Gasteiger charge is 2.42. The lowest BCUT2D eigenvalue weighted by molar-refractivity contribution is -0.122. The molecule has 1 N–H and O–H groups in total. The van der Waals surface area contributed by atoms with Gasteiger partial charge in [-0.25, -0.2) is 0 Å². The van der Waals surface area contributed by atoms with E-state index in [4.69, 9.17) is 9.47 Å². The fourth-order valence-corrected chi connectivity index (χ4v) is 4.15. The molecule has 0 aliphatic heterocycles. The summed E-state index contributed by atoms with van der Waals surface area (Å²) in [7, 11) is 3.32. The number of ether oxygens (including phenoxy) is 2. The van der Waals surface area contributed by atoms with E-state index in [9.17, 15) is 4.79 Å². The molecule has 0 spiro atoms. The number of hydrogen-bond acceptors (Lipinski definition) is 3. The smallest absolute Gasteiger partial charge is 0.221 e. The lowest BCUT2D eigenvalue weighted by Crippen LogP contribution is -2.31. The van der Waals surface area contributed by atoms with Gasteiger partial charge in [-0.3, -0.25) is 4.79 Å². The zero-order valence-electron chi connectivity index (χ0n) is 16.7. The lowest BCUT2D eigenvalue weighted by atomic mass is 9.92. The van der Waals surface area contributed by atoms with Gasteiger partial charge < -0.3 is 14.8 Å². The Bertz CT molecular complexity index is 732. The SMILES string of the molecule is COc1ccc(C(NC(=O)CC(C2CC2)C2CC2)c2ccc(OC)cc2)cc1. The molecule has 0 radical (unpaired) electrons. The molecule has 0 unspecified atom stereocenters. The highest BCUT2D eigenvalue weighted by molar-refractivity contribution is 5.77. The number of hydrogen-bond donors (Lipinski definition) is 1. The molecule has 4 nitrogen and oxygen atoms in total. The van der Waals surface area contributed by atoms with Crippen molar-refractivity contribution in [3.8, 4) is 11.5 Å². The first-order valence-corrected chi connectivity index (χ1v) is 10.2. The minimum Gasteiger partial charge on any atom is -0.497 e. The van der Waals surface area contributed by atoms with Crippen molar-refractivity contribution in [2.45, 2.75) is 38.1 Å². The molecule has 28 heavy (non-hydrogen) atoms. The van der Waals surface area contributed by atoms with Gasteiger partial charge in [-0.05, 0) is 78.8 Å². The number of methoxy groups -OCH3 is 2. The molecular formula is C24H29NO3. The van der Waals surface area contributed by atoms with Crippen LogP contribution in [0.5, 0.6) is 11.5 Å². The summed E-state index contributed by atoms with van der Waals surface area (Å²) in [5.74, 6) is 3.90. The predicted molar refractivity (Wildman–Crippen MR) is 110 cm³/mol. The van der Waals surface area contributed by atoms with Gasteiger partial charge in [0.1, 0.15) is 11.5 Å². The zero-order valence-corrected chi connectivity index (χ0v) is 16.7. The average molecular weight is 380 g/mol. The third kappa shape index (κ3) is 4.49. The fraction of sp³-hybridized carbons (Fsp3) is 0.458. The largest absolute Gasteiger partial charge is 0.497 e. The quantitative estimate of drug-likeness (QED) is 0.685. The lowest BCUT2D eigenvalue weighted by Gasteiger charge is -2.22. The first kappa shape index (κ1) is 18.9. The Hall–Kier alpha value is -2.49. The predicted octanol–water partition coefficient (Wildman–Crippen LogP) is 4.74. The molecule has 0 aromatic heterocycles. The minimum absolute atomic E-state index is 0.153. The van der Waals surface area contributed by atoms with Crippen molar-refractivity contribution >= 4 is 5.91 Å². The molecule has 0 heterocycles. The fourth-order valence-electron chi connectivity index (χ4n) is 4.15. The normalized spacial score (nSPS) is 16.3. The summed E-state index contributed by atoms with van der Waals surface area (Å²) < 4.78 is 10.6. The molecule has 4 heteroatoms. The molecule has 0 atom stereocenters. The van der Waals surface area contributed by atoms with Crippen LogP contribution in [0.4, 0.5) is 0 Å². The van der Waals surface area contributed by atoms with Crippen LogP contribution in [0.15, 0.2) is 48.5 Å². The number of amides is 1. The minimum atomic E-state index is -0.177. The Morgan fingerprint density at radius 1 is 0.857 bits per heavy atom. The van der Waals surface area contributed by atoms with Crippen molar-refractivity contribution in [3.63, 3.8) is 0 Å². The Labute approximate surface area is 167 Å². The van der Waals surface area contributed by atoms with Crippen molar-refractivity contribution in [2.24, 2.45) is 17.8 Å². The number of benzene rings is 2.